The molecule has 0 unspecified atom stereocenters. The number of hydrogen-bond donors (Lipinski definition) is 0. The molecule has 2 aliphatic rings. The van der Waals surface area contributed by atoms with Gasteiger partial charge in [-0.15, -0.1) is 5.10 Å². The second-order valence-corrected chi connectivity index (χ2v) is 8.50. The number of rotatable bonds is 7. The van der Waals surface area contributed by atoms with E-state index in [9.17, 15) is 4.39 Å². The molecule has 0 bridgehead atoms. The molecule has 0 radical (unpaired) electrons. The van der Waals surface area contributed by atoms with Gasteiger partial charge in [-0.3, -0.25) is 4.90 Å². The molecule has 8 heteroatoms. The Bertz CT molecular complexity index is 766. The molecule has 2 aliphatic heterocycles. The van der Waals surface area contributed by atoms with Gasteiger partial charge < -0.3 is 9.64 Å². The Morgan fingerprint density at radius 2 is 1.90 bits per heavy atom. The summed E-state index contributed by atoms with van der Waals surface area (Å²) in [6, 6.07) is 6.98. The van der Waals surface area contributed by atoms with E-state index in [-0.39, 0.29) is 18.0 Å². The number of halogens is 1. The van der Waals surface area contributed by atoms with Gasteiger partial charge in [-0.2, -0.15) is 0 Å². The van der Waals surface area contributed by atoms with E-state index < -0.39 is 0 Å². The van der Waals surface area contributed by atoms with E-state index in [1.165, 1.54) is 12.1 Å². The lowest BCUT2D eigenvalue weighted by atomic mass is 10.0. The molecule has 29 heavy (non-hydrogen) atoms. The average Bonchev–Trinajstić information content (AvgIpc) is 3.39. The molecule has 7 nitrogen and oxygen atoms in total. The Balaban J connectivity index is 1.45. The molecule has 3 heterocycles. The number of aromatic nitrogens is 4. The largest absolute Gasteiger partial charge is 0.376 e. The van der Waals surface area contributed by atoms with Gasteiger partial charge in [0.05, 0.1) is 18.7 Å². The van der Waals surface area contributed by atoms with Crippen molar-refractivity contribution in [2.75, 3.05) is 37.7 Å². The van der Waals surface area contributed by atoms with Gasteiger partial charge in [0.15, 0.2) is 5.82 Å². The standard InChI is InChI=1S/C21H31FN6O/c1-16(2)14-20(21-23-24-25-28(21)15-19-4-3-13-29-19)27-11-9-26(10-12-27)18-7-5-17(22)6-8-18/h5-8,16,19-20H,3-4,9-15H2,1-2H3/t19-,20-/m1/s1. The van der Waals surface area contributed by atoms with E-state index in [1.807, 2.05) is 16.8 Å². The highest BCUT2D eigenvalue weighted by molar-refractivity contribution is 5.46. The molecule has 2 atom stereocenters. The molecule has 0 amide bonds. The Morgan fingerprint density at radius 1 is 1.14 bits per heavy atom. The van der Waals surface area contributed by atoms with E-state index in [0.29, 0.717) is 5.92 Å². The predicted molar refractivity (Wildman–Crippen MR) is 109 cm³/mol. The van der Waals surface area contributed by atoms with Crippen molar-refractivity contribution in [2.45, 2.75) is 51.8 Å². The summed E-state index contributed by atoms with van der Waals surface area (Å²) in [6.07, 6.45) is 3.42. The SMILES string of the molecule is CC(C)C[C@H](c1nnnn1C[C@H]1CCCO1)N1CCN(c2ccc(F)cc2)CC1. The van der Waals surface area contributed by atoms with E-state index in [4.69, 9.17) is 4.74 Å². The topological polar surface area (TPSA) is 59.3 Å². The molecule has 1 aromatic heterocycles. The lowest BCUT2D eigenvalue weighted by molar-refractivity contribution is 0.0885. The quantitative estimate of drug-likeness (QED) is 0.710. The molecule has 0 N–H and O–H groups in total. The van der Waals surface area contributed by atoms with Crippen LogP contribution in [0.4, 0.5) is 10.1 Å². The highest BCUT2D eigenvalue weighted by Crippen LogP contribution is 2.29. The molecule has 0 saturated carbocycles. The molecule has 4 rings (SSSR count). The first-order chi connectivity index (χ1) is 14.1. The van der Waals surface area contributed by atoms with Gasteiger partial charge in [-0.25, -0.2) is 9.07 Å². The maximum atomic E-state index is 13.2. The summed E-state index contributed by atoms with van der Waals surface area (Å²) in [5.74, 6) is 1.30. The predicted octanol–water partition coefficient (Wildman–Crippen LogP) is 2.90. The molecule has 0 spiro atoms. The van der Waals surface area contributed by atoms with Crippen LogP contribution in [0, 0.1) is 11.7 Å². The van der Waals surface area contributed by atoms with Crippen LogP contribution in [0.15, 0.2) is 24.3 Å². The maximum Gasteiger partial charge on any atom is 0.168 e. The molecule has 0 aliphatic carbocycles. The third-order valence-corrected chi connectivity index (χ3v) is 5.90. The summed E-state index contributed by atoms with van der Waals surface area (Å²) in [5, 5.41) is 12.7. The van der Waals surface area contributed by atoms with Crippen LogP contribution in [0.5, 0.6) is 0 Å². The first-order valence-electron chi connectivity index (χ1n) is 10.7. The fourth-order valence-corrected chi connectivity index (χ4v) is 4.37. The zero-order valence-corrected chi connectivity index (χ0v) is 17.4. The van der Waals surface area contributed by atoms with Crippen LogP contribution >= 0.6 is 0 Å². The van der Waals surface area contributed by atoms with E-state index >= 15 is 0 Å². The zero-order valence-electron chi connectivity index (χ0n) is 17.4. The molecular formula is C21H31FN6O. The van der Waals surface area contributed by atoms with Gasteiger partial charge >= 0.3 is 0 Å². The number of anilines is 1. The van der Waals surface area contributed by atoms with Crippen molar-refractivity contribution in [3.05, 3.63) is 35.9 Å². The minimum Gasteiger partial charge on any atom is -0.376 e. The van der Waals surface area contributed by atoms with Crippen molar-refractivity contribution in [1.29, 1.82) is 0 Å². The summed E-state index contributed by atoms with van der Waals surface area (Å²) in [4.78, 5) is 4.81. The Hall–Kier alpha value is -2.06. The van der Waals surface area contributed by atoms with Crippen LogP contribution in [0.2, 0.25) is 0 Å². The number of tetrazole rings is 1. The van der Waals surface area contributed by atoms with E-state index in [2.05, 4.69) is 39.2 Å². The number of ether oxygens (including phenoxy) is 1. The zero-order chi connectivity index (χ0) is 20.2. The second-order valence-electron chi connectivity index (χ2n) is 8.50. The smallest absolute Gasteiger partial charge is 0.168 e. The summed E-state index contributed by atoms with van der Waals surface area (Å²) >= 11 is 0. The summed E-state index contributed by atoms with van der Waals surface area (Å²) < 4.78 is 21.0. The van der Waals surface area contributed by atoms with E-state index in [0.717, 1.165) is 70.1 Å². The molecule has 1 aromatic carbocycles. The fourth-order valence-electron chi connectivity index (χ4n) is 4.37. The van der Waals surface area contributed by atoms with Gasteiger partial charge in [0.25, 0.3) is 0 Å². The van der Waals surface area contributed by atoms with Gasteiger partial charge in [0.1, 0.15) is 5.82 Å². The van der Waals surface area contributed by atoms with E-state index in [1.54, 1.807) is 0 Å². The first-order valence-corrected chi connectivity index (χ1v) is 10.7. The first kappa shape index (κ1) is 20.2. The van der Waals surface area contributed by atoms with Gasteiger partial charge in [-0.05, 0) is 59.9 Å². The Morgan fingerprint density at radius 3 is 2.55 bits per heavy atom. The molecule has 2 fully saturated rings. The van der Waals surface area contributed by atoms with Gasteiger partial charge in [0, 0.05) is 38.5 Å². The maximum absolute atomic E-state index is 13.2. The Kier molecular flexibility index (Phi) is 6.40. The van der Waals surface area contributed by atoms with Crippen LogP contribution in [0.3, 0.4) is 0 Å². The van der Waals surface area contributed by atoms with Gasteiger partial charge in [-0.1, -0.05) is 13.8 Å². The second kappa shape index (κ2) is 9.17. The molecule has 2 saturated heterocycles. The van der Waals surface area contributed by atoms with Crippen LogP contribution < -0.4 is 4.90 Å². The number of piperazine rings is 1. The minimum absolute atomic E-state index is 0.192. The van der Waals surface area contributed by atoms with Crippen molar-refractivity contribution in [3.8, 4) is 0 Å². The van der Waals surface area contributed by atoms with Crippen LogP contribution in [-0.2, 0) is 11.3 Å². The third-order valence-electron chi connectivity index (χ3n) is 5.90. The van der Waals surface area contributed by atoms with Crippen molar-refractivity contribution in [3.63, 3.8) is 0 Å². The lowest BCUT2D eigenvalue weighted by Gasteiger charge is -2.40. The average molecular weight is 403 g/mol. The van der Waals surface area contributed by atoms with Crippen LogP contribution in [0.1, 0.15) is 45.0 Å². The normalized spacial score (nSPS) is 21.8. The summed E-state index contributed by atoms with van der Waals surface area (Å²) in [6.45, 7) is 9.74. The number of benzene rings is 1. The fraction of sp³-hybridized carbons (Fsp3) is 0.667. The summed E-state index contributed by atoms with van der Waals surface area (Å²) in [5.41, 5.74) is 1.08. The summed E-state index contributed by atoms with van der Waals surface area (Å²) in [7, 11) is 0. The molecule has 158 valence electrons. The van der Waals surface area contributed by atoms with Crippen LogP contribution in [-0.4, -0.2) is 64.0 Å². The van der Waals surface area contributed by atoms with Crippen molar-refractivity contribution >= 4 is 5.69 Å². The van der Waals surface area contributed by atoms with Crippen LogP contribution in [0.25, 0.3) is 0 Å². The number of hydrogen-bond acceptors (Lipinski definition) is 6. The van der Waals surface area contributed by atoms with Crippen molar-refractivity contribution in [1.82, 2.24) is 25.1 Å². The minimum atomic E-state index is -0.192. The van der Waals surface area contributed by atoms with Gasteiger partial charge in [0.2, 0.25) is 0 Å². The number of nitrogens with zero attached hydrogens (tertiary/aromatic N) is 6. The van der Waals surface area contributed by atoms with Crippen molar-refractivity contribution in [2.24, 2.45) is 5.92 Å². The highest BCUT2D eigenvalue weighted by Gasteiger charge is 2.31. The highest BCUT2D eigenvalue weighted by atomic mass is 19.1. The van der Waals surface area contributed by atoms with Crippen molar-refractivity contribution < 1.29 is 9.13 Å². The molecule has 2 aromatic rings. The lowest BCUT2D eigenvalue weighted by Crippen LogP contribution is -2.48. The monoisotopic (exact) mass is 402 g/mol. The third kappa shape index (κ3) is 4.93. The Labute approximate surface area is 171 Å². The molecular weight excluding hydrogens is 371 g/mol.